The second-order valence-electron chi connectivity index (χ2n) is 5.22. The summed E-state index contributed by atoms with van der Waals surface area (Å²) >= 11 is 6.05. The van der Waals surface area contributed by atoms with Gasteiger partial charge in [-0.25, -0.2) is 0 Å². The summed E-state index contributed by atoms with van der Waals surface area (Å²) in [4.78, 5) is 4.84. The molecule has 1 aliphatic heterocycles. The third-order valence-corrected chi connectivity index (χ3v) is 4.20. The maximum absolute atomic E-state index is 6.05. The number of para-hydroxylation sites is 2. The molecule has 0 unspecified atom stereocenters. The molecule has 1 saturated heterocycles. The van der Waals surface area contributed by atoms with E-state index in [1.54, 1.807) is 0 Å². The van der Waals surface area contributed by atoms with Crippen molar-refractivity contribution in [1.29, 1.82) is 0 Å². The molecule has 3 rings (SSSR count). The molecule has 3 heteroatoms. The van der Waals surface area contributed by atoms with E-state index in [9.17, 15) is 0 Å². The van der Waals surface area contributed by atoms with Gasteiger partial charge in [-0.3, -0.25) is 0 Å². The van der Waals surface area contributed by atoms with Crippen LogP contribution in [0.3, 0.4) is 0 Å². The van der Waals surface area contributed by atoms with Gasteiger partial charge in [0.15, 0.2) is 0 Å². The fraction of sp³-hybridized carbons (Fsp3) is 0.294. The van der Waals surface area contributed by atoms with Gasteiger partial charge in [0.25, 0.3) is 0 Å². The molecule has 0 N–H and O–H groups in total. The third kappa shape index (κ3) is 2.48. The molecule has 2 aromatic rings. The number of hydrogen-bond donors (Lipinski definition) is 0. The van der Waals surface area contributed by atoms with E-state index in [4.69, 9.17) is 11.6 Å². The molecule has 0 radical (unpaired) electrons. The summed E-state index contributed by atoms with van der Waals surface area (Å²) in [5.41, 5.74) is 5.14. The van der Waals surface area contributed by atoms with Crippen molar-refractivity contribution >= 4 is 23.0 Å². The van der Waals surface area contributed by atoms with Gasteiger partial charge in [0.05, 0.1) is 6.67 Å². The van der Waals surface area contributed by atoms with Crippen LogP contribution in [0.5, 0.6) is 0 Å². The Hall–Kier alpha value is -1.67. The minimum absolute atomic E-state index is 0.567. The van der Waals surface area contributed by atoms with Crippen molar-refractivity contribution < 1.29 is 0 Å². The van der Waals surface area contributed by atoms with E-state index in [1.165, 1.54) is 22.5 Å². The average molecular weight is 287 g/mol. The van der Waals surface area contributed by atoms with Gasteiger partial charge in [-0.15, -0.1) is 11.6 Å². The molecule has 1 fully saturated rings. The Labute approximate surface area is 125 Å². The van der Waals surface area contributed by atoms with E-state index in [0.29, 0.717) is 5.88 Å². The van der Waals surface area contributed by atoms with Gasteiger partial charge < -0.3 is 9.80 Å². The number of hydrogen-bond acceptors (Lipinski definition) is 2. The normalized spacial score (nSPS) is 14.9. The van der Waals surface area contributed by atoms with Crippen molar-refractivity contribution in [3.63, 3.8) is 0 Å². The van der Waals surface area contributed by atoms with Crippen LogP contribution in [-0.2, 0) is 5.88 Å². The van der Waals surface area contributed by atoms with Crippen LogP contribution in [0.4, 0.5) is 11.4 Å². The predicted molar refractivity (Wildman–Crippen MR) is 86.7 cm³/mol. The maximum atomic E-state index is 6.05. The minimum Gasteiger partial charge on any atom is -0.352 e. The second-order valence-corrected chi connectivity index (χ2v) is 5.48. The standard InChI is InChI=1S/C17H19ClN2/c1-14-6-2-4-8-16(14)19-10-11-20(13-19)17-9-5-3-7-15(17)12-18/h2-9H,10-13H2,1H3. The number of benzene rings is 2. The Morgan fingerprint density at radius 1 is 0.900 bits per heavy atom. The van der Waals surface area contributed by atoms with Crippen molar-refractivity contribution in [2.24, 2.45) is 0 Å². The summed E-state index contributed by atoms with van der Waals surface area (Å²) in [5, 5.41) is 0. The lowest BCUT2D eigenvalue weighted by atomic mass is 10.2. The fourth-order valence-electron chi connectivity index (χ4n) is 2.83. The topological polar surface area (TPSA) is 6.48 Å². The molecule has 0 atom stereocenters. The molecule has 0 aromatic heterocycles. The number of alkyl halides is 1. The molecule has 20 heavy (non-hydrogen) atoms. The van der Waals surface area contributed by atoms with Crippen LogP contribution in [0.25, 0.3) is 0 Å². The van der Waals surface area contributed by atoms with Crippen molar-refractivity contribution in [2.45, 2.75) is 12.8 Å². The van der Waals surface area contributed by atoms with Gasteiger partial charge in [0, 0.05) is 30.3 Å². The first kappa shape index (κ1) is 13.3. The van der Waals surface area contributed by atoms with Gasteiger partial charge in [-0.2, -0.15) is 0 Å². The molecule has 0 bridgehead atoms. The smallest absolute Gasteiger partial charge is 0.0904 e. The Kier molecular flexibility index (Phi) is 3.83. The van der Waals surface area contributed by atoms with Crippen molar-refractivity contribution in [3.8, 4) is 0 Å². The van der Waals surface area contributed by atoms with E-state index in [0.717, 1.165) is 19.8 Å². The number of aryl methyl sites for hydroxylation is 1. The van der Waals surface area contributed by atoms with Crippen LogP contribution in [0.1, 0.15) is 11.1 Å². The summed E-state index contributed by atoms with van der Waals surface area (Å²) in [7, 11) is 0. The van der Waals surface area contributed by atoms with E-state index >= 15 is 0 Å². The van der Waals surface area contributed by atoms with Gasteiger partial charge in [0.2, 0.25) is 0 Å². The Morgan fingerprint density at radius 2 is 1.50 bits per heavy atom. The summed E-state index contributed by atoms with van der Waals surface area (Å²) < 4.78 is 0. The van der Waals surface area contributed by atoms with Gasteiger partial charge in [0.1, 0.15) is 0 Å². The maximum Gasteiger partial charge on any atom is 0.0904 e. The van der Waals surface area contributed by atoms with Crippen LogP contribution in [-0.4, -0.2) is 19.8 Å². The summed E-state index contributed by atoms with van der Waals surface area (Å²) in [5.74, 6) is 0.567. The van der Waals surface area contributed by atoms with Gasteiger partial charge in [-0.05, 0) is 30.2 Å². The van der Waals surface area contributed by atoms with Crippen molar-refractivity contribution in [2.75, 3.05) is 29.6 Å². The molecule has 1 heterocycles. The number of rotatable bonds is 3. The first-order valence-corrected chi connectivity index (χ1v) is 7.52. The highest BCUT2D eigenvalue weighted by Crippen LogP contribution is 2.28. The highest BCUT2D eigenvalue weighted by atomic mass is 35.5. The molecule has 2 aromatic carbocycles. The summed E-state index contributed by atoms with van der Waals surface area (Å²) in [6, 6.07) is 17.0. The van der Waals surface area contributed by atoms with Crippen molar-refractivity contribution in [3.05, 3.63) is 59.7 Å². The molecule has 0 saturated carbocycles. The minimum atomic E-state index is 0.567. The summed E-state index contributed by atoms with van der Waals surface area (Å²) in [6.07, 6.45) is 0. The molecule has 1 aliphatic rings. The number of anilines is 2. The largest absolute Gasteiger partial charge is 0.352 e. The van der Waals surface area contributed by atoms with Gasteiger partial charge >= 0.3 is 0 Å². The zero-order chi connectivity index (χ0) is 13.9. The lowest BCUT2D eigenvalue weighted by molar-refractivity contribution is 0.939. The SMILES string of the molecule is Cc1ccccc1N1CCN(c2ccccc2CCl)C1. The van der Waals surface area contributed by atoms with E-state index < -0.39 is 0 Å². The molecular weight excluding hydrogens is 268 g/mol. The molecule has 0 aliphatic carbocycles. The zero-order valence-corrected chi connectivity index (χ0v) is 12.5. The van der Waals surface area contributed by atoms with Crippen LogP contribution >= 0.6 is 11.6 Å². The molecule has 104 valence electrons. The molecule has 2 nitrogen and oxygen atoms in total. The lowest BCUT2D eigenvalue weighted by Gasteiger charge is -2.24. The van der Waals surface area contributed by atoms with E-state index in [1.807, 2.05) is 0 Å². The molecular formula is C17H19ClN2. The van der Waals surface area contributed by atoms with Crippen LogP contribution in [0.2, 0.25) is 0 Å². The quantitative estimate of drug-likeness (QED) is 0.787. The van der Waals surface area contributed by atoms with E-state index in [2.05, 4.69) is 65.3 Å². The van der Waals surface area contributed by atoms with Crippen molar-refractivity contribution in [1.82, 2.24) is 0 Å². The van der Waals surface area contributed by atoms with Crippen LogP contribution in [0.15, 0.2) is 48.5 Å². The number of halogens is 1. The predicted octanol–water partition coefficient (Wildman–Crippen LogP) is 4.02. The fourth-order valence-corrected chi connectivity index (χ4v) is 3.06. The highest BCUT2D eigenvalue weighted by molar-refractivity contribution is 6.17. The monoisotopic (exact) mass is 286 g/mol. The van der Waals surface area contributed by atoms with E-state index in [-0.39, 0.29) is 0 Å². The Morgan fingerprint density at radius 3 is 2.20 bits per heavy atom. The summed E-state index contributed by atoms with van der Waals surface area (Å²) in [6.45, 7) is 5.20. The number of nitrogens with zero attached hydrogens (tertiary/aromatic N) is 2. The van der Waals surface area contributed by atoms with Crippen LogP contribution in [0, 0.1) is 6.92 Å². The molecule has 0 spiro atoms. The molecule has 0 amide bonds. The highest BCUT2D eigenvalue weighted by Gasteiger charge is 2.22. The Bertz CT molecular complexity index is 597. The van der Waals surface area contributed by atoms with Gasteiger partial charge in [-0.1, -0.05) is 36.4 Å². The zero-order valence-electron chi connectivity index (χ0n) is 11.7. The Balaban J connectivity index is 1.82. The lowest BCUT2D eigenvalue weighted by Crippen LogP contribution is -2.26. The third-order valence-electron chi connectivity index (χ3n) is 3.91. The van der Waals surface area contributed by atoms with Crippen LogP contribution < -0.4 is 9.80 Å². The second kappa shape index (κ2) is 5.76. The first-order chi connectivity index (χ1) is 9.79. The first-order valence-electron chi connectivity index (χ1n) is 6.99. The average Bonchev–Trinajstić information content (AvgIpc) is 2.97.